The molecule has 0 spiro atoms. The van der Waals surface area contributed by atoms with Crippen molar-refractivity contribution in [2.75, 3.05) is 0 Å². The van der Waals surface area contributed by atoms with Gasteiger partial charge < -0.3 is 19.7 Å². The van der Waals surface area contributed by atoms with E-state index >= 15 is 0 Å². The van der Waals surface area contributed by atoms with Gasteiger partial charge in [0.2, 0.25) is 0 Å². The molecule has 5 nitrogen and oxygen atoms in total. The summed E-state index contributed by atoms with van der Waals surface area (Å²) >= 11 is 0. The van der Waals surface area contributed by atoms with E-state index in [1.807, 2.05) is 12.1 Å². The maximum absolute atomic E-state index is 11.9. The number of aromatic carboxylic acids is 1. The Morgan fingerprint density at radius 2 is 1.79 bits per heavy atom. The predicted octanol–water partition coefficient (Wildman–Crippen LogP) is 6.94. The van der Waals surface area contributed by atoms with Crippen LogP contribution in [0.2, 0.25) is 0 Å². The summed E-state index contributed by atoms with van der Waals surface area (Å²) in [6.07, 6.45) is 8.97. The first kappa shape index (κ1) is 26.4. The van der Waals surface area contributed by atoms with Crippen LogP contribution in [-0.2, 0) is 6.42 Å². The molecule has 4 unspecified atom stereocenters. The molecular weight excluding hydrogens is 476 g/mol. The van der Waals surface area contributed by atoms with Crippen LogP contribution in [0.25, 0.3) is 11.0 Å². The minimum absolute atomic E-state index is 0.204. The molecule has 0 amide bonds. The van der Waals surface area contributed by atoms with Gasteiger partial charge in [-0.1, -0.05) is 40.2 Å². The third-order valence-corrected chi connectivity index (χ3v) is 12.5. The molecule has 5 heteroatoms. The van der Waals surface area contributed by atoms with Crippen LogP contribution in [0.4, 0.5) is 0 Å². The number of hydrogen-bond acceptors (Lipinski definition) is 4. The fourth-order valence-corrected chi connectivity index (χ4v) is 10.8. The van der Waals surface area contributed by atoms with Crippen LogP contribution >= 0.6 is 0 Å². The van der Waals surface area contributed by atoms with E-state index in [0.717, 1.165) is 37.9 Å². The lowest BCUT2D eigenvalue weighted by Gasteiger charge is -2.64. The summed E-state index contributed by atoms with van der Waals surface area (Å²) < 4.78 is 6.15. The van der Waals surface area contributed by atoms with Gasteiger partial charge in [-0.3, -0.25) is 0 Å². The van der Waals surface area contributed by atoms with E-state index in [-0.39, 0.29) is 29.0 Å². The molecule has 4 saturated carbocycles. The highest BCUT2D eigenvalue weighted by atomic mass is 16.4. The second-order valence-corrected chi connectivity index (χ2v) is 14.0. The quantitative estimate of drug-likeness (QED) is 0.396. The highest BCUT2D eigenvalue weighted by Gasteiger charge is 2.64. The normalized spacial score (nSPS) is 43.3. The first-order valence-electron chi connectivity index (χ1n) is 15.2. The van der Waals surface area contributed by atoms with Crippen molar-refractivity contribution in [2.45, 2.75) is 97.7 Å². The number of carboxylic acids is 1. The number of hydrogen-bond donors (Lipinski definition) is 3. The molecular formula is C33H46O5. The van der Waals surface area contributed by atoms with Gasteiger partial charge in [0, 0.05) is 11.8 Å². The van der Waals surface area contributed by atoms with Crippen LogP contribution in [-0.4, -0.2) is 33.5 Å². The molecule has 3 N–H and O–H groups in total. The van der Waals surface area contributed by atoms with Gasteiger partial charge in [0.25, 0.3) is 0 Å². The van der Waals surface area contributed by atoms with Gasteiger partial charge in [-0.05, 0) is 115 Å². The zero-order valence-electron chi connectivity index (χ0n) is 23.5. The zero-order valence-corrected chi connectivity index (χ0v) is 23.5. The van der Waals surface area contributed by atoms with Crippen molar-refractivity contribution in [1.29, 1.82) is 0 Å². The van der Waals surface area contributed by atoms with E-state index in [4.69, 9.17) is 4.42 Å². The molecule has 208 valence electrons. The molecule has 4 fully saturated rings. The summed E-state index contributed by atoms with van der Waals surface area (Å²) in [5, 5.41) is 32.7. The molecule has 6 rings (SSSR count). The van der Waals surface area contributed by atoms with Crippen LogP contribution in [0, 0.1) is 52.3 Å². The fraction of sp³-hybridized carbons (Fsp3) is 0.727. The smallest absolute Gasteiger partial charge is 0.336 e. The Kier molecular flexibility index (Phi) is 6.50. The Morgan fingerprint density at radius 1 is 1.05 bits per heavy atom. The molecule has 4 aliphatic rings. The average Bonchev–Trinajstić information content (AvgIpc) is 3.45. The number of fused-ring (bicyclic) bond motifs is 6. The SMILES string of the molecule is CC[C@H]1C(O)C2C3CC[C@H]([C@H](C)Cc4cc5c(C(=O)O)cccc5o4)[C@@]3(C)CCC2[C@@]2(C)CC[C@@H](O)C[C@@H]12. The van der Waals surface area contributed by atoms with E-state index in [1.54, 1.807) is 12.1 Å². The summed E-state index contributed by atoms with van der Waals surface area (Å²) in [5.74, 6) is 3.10. The van der Waals surface area contributed by atoms with Crippen molar-refractivity contribution >= 4 is 16.9 Å². The van der Waals surface area contributed by atoms with Gasteiger partial charge in [-0.15, -0.1) is 0 Å². The number of carbonyl (C=O) groups is 1. The number of aliphatic hydroxyl groups excluding tert-OH is 2. The highest BCUT2D eigenvalue weighted by Crippen LogP contribution is 2.69. The van der Waals surface area contributed by atoms with Crippen LogP contribution in [0.1, 0.15) is 95.2 Å². The van der Waals surface area contributed by atoms with Crippen molar-refractivity contribution < 1.29 is 24.5 Å². The van der Waals surface area contributed by atoms with E-state index < -0.39 is 5.97 Å². The molecule has 0 radical (unpaired) electrons. The molecule has 0 bridgehead atoms. The number of rotatable bonds is 5. The zero-order chi connectivity index (χ0) is 27.0. The van der Waals surface area contributed by atoms with Gasteiger partial charge in [0.15, 0.2) is 0 Å². The molecule has 2 aromatic rings. The third kappa shape index (κ3) is 3.82. The monoisotopic (exact) mass is 522 g/mol. The lowest BCUT2D eigenvalue weighted by molar-refractivity contribution is -0.203. The Labute approximate surface area is 227 Å². The topological polar surface area (TPSA) is 90.9 Å². The van der Waals surface area contributed by atoms with Gasteiger partial charge >= 0.3 is 5.97 Å². The summed E-state index contributed by atoms with van der Waals surface area (Å²) in [4.78, 5) is 11.7. The molecule has 1 aromatic heterocycles. The maximum Gasteiger partial charge on any atom is 0.336 e. The van der Waals surface area contributed by atoms with Crippen molar-refractivity contribution in [3.63, 3.8) is 0 Å². The molecule has 1 aromatic carbocycles. The summed E-state index contributed by atoms with van der Waals surface area (Å²) in [6.45, 7) is 9.60. The second-order valence-electron chi connectivity index (χ2n) is 14.0. The Hall–Kier alpha value is -1.85. The largest absolute Gasteiger partial charge is 0.478 e. The van der Waals surface area contributed by atoms with Crippen LogP contribution in [0.5, 0.6) is 0 Å². The number of furan rings is 1. The Morgan fingerprint density at radius 3 is 2.53 bits per heavy atom. The van der Waals surface area contributed by atoms with Crippen molar-refractivity contribution in [1.82, 2.24) is 0 Å². The van der Waals surface area contributed by atoms with E-state index in [9.17, 15) is 20.1 Å². The van der Waals surface area contributed by atoms with Gasteiger partial charge in [-0.25, -0.2) is 4.79 Å². The van der Waals surface area contributed by atoms with Crippen LogP contribution in [0.15, 0.2) is 28.7 Å². The molecule has 0 saturated heterocycles. The van der Waals surface area contributed by atoms with Crippen LogP contribution < -0.4 is 0 Å². The molecule has 38 heavy (non-hydrogen) atoms. The van der Waals surface area contributed by atoms with Gasteiger partial charge in [-0.2, -0.15) is 0 Å². The van der Waals surface area contributed by atoms with Crippen LogP contribution in [0.3, 0.4) is 0 Å². The van der Waals surface area contributed by atoms with E-state index in [1.165, 1.54) is 25.7 Å². The third-order valence-electron chi connectivity index (χ3n) is 12.5. The molecule has 1 heterocycles. The molecule has 4 aliphatic carbocycles. The number of aliphatic hydroxyl groups is 2. The highest BCUT2D eigenvalue weighted by molar-refractivity contribution is 6.02. The lowest BCUT2D eigenvalue weighted by Crippen LogP contribution is -2.62. The van der Waals surface area contributed by atoms with E-state index in [2.05, 4.69) is 27.7 Å². The second kappa shape index (κ2) is 9.37. The Bertz CT molecular complexity index is 1200. The summed E-state index contributed by atoms with van der Waals surface area (Å²) in [5.41, 5.74) is 1.38. The standard InChI is InChI=1S/C33H46O5/c1-5-21-27-16-19(34)11-13-33(27,4)26-12-14-32(3)24(9-10-25(32)29(26)30(21)35)18(2)15-20-17-23-22(31(36)37)7-6-8-28(23)38-20/h6-8,17-19,21,24-27,29-30,34-35H,5,9-16H2,1-4H3,(H,36,37)/t18-,19-,21-,24-,25?,26?,27+,29?,30?,32-,33-/m1/s1. The molecule has 11 atom stereocenters. The van der Waals surface area contributed by atoms with Gasteiger partial charge in [0.05, 0.1) is 17.8 Å². The number of carboxylic acid groups (broad SMARTS) is 1. The first-order chi connectivity index (χ1) is 18.1. The number of benzene rings is 1. The summed E-state index contributed by atoms with van der Waals surface area (Å²) in [7, 11) is 0. The first-order valence-corrected chi connectivity index (χ1v) is 15.2. The minimum atomic E-state index is -0.918. The van der Waals surface area contributed by atoms with Crippen molar-refractivity contribution in [3.8, 4) is 0 Å². The van der Waals surface area contributed by atoms with Crippen molar-refractivity contribution in [2.24, 2.45) is 52.3 Å². The maximum atomic E-state index is 11.9. The minimum Gasteiger partial charge on any atom is -0.478 e. The van der Waals surface area contributed by atoms with Gasteiger partial charge in [0.1, 0.15) is 11.3 Å². The predicted molar refractivity (Wildman–Crippen MR) is 148 cm³/mol. The Balaban J connectivity index is 1.26. The van der Waals surface area contributed by atoms with Crippen molar-refractivity contribution in [3.05, 3.63) is 35.6 Å². The average molecular weight is 523 g/mol. The van der Waals surface area contributed by atoms with E-state index in [0.29, 0.717) is 52.0 Å². The lowest BCUT2D eigenvalue weighted by atomic mass is 9.41. The molecule has 0 aliphatic heterocycles. The summed E-state index contributed by atoms with van der Waals surface area (Å²) in [6, 6.07) is 7.19. The fourth-order valence-electron chi connectivity index (χ4n) is 10.8.